The first-order valence-electron chi connectivity index (χ1n) is 5.81. The molecule has 0 radical (unpaired) electrons. The fraction of sp³-hybridized carbons (Fsp3) is 0.417. The van der Waals surface area contributed by atoms with Gasteiger partial charge in [-0.2, -0.15) is 0 Å². The molecule has 0 aliphatic rings. The van der Waals surface area contributed by atoms with Gasteiger partial charge in [-0.25, -0.2) is 17.2 Å². The molecule has 0 aliphatic heterocycles. The third kappa shape index (κ3) is 3.27. The van der Waals surface area contributed by atoms with Crippen LogP contribution < -0.4 is 0 Å². The van der Waals surface area contributed by atoms with Crippen molar-refractivity contribution in [1.29, 1.82) is 0 Å². The second kappa shape index (κ2) is 6.05. The summed E-state index contributed by atoms with van der Waals surface area (Å²) < 4.78 is 50.1. The zero-order valence-corrected chi connectivity index (χ0v) is 12.7. The van der Waals surface area contributed by atoms with Gasteiger partial charge in [-0.15, -0.1) is 0 Å². The van der Waals surface area contributed by atoms with E-state index in [-0.39, 0.29) is 6.04 Å². The van der Waals surface area contributed by atoms with E-state index in [1.54, 1.807) is 13.8 Å². The van der Waals surface area contributed by atoms with Crippen LogP contribution in [0, 0.1) is 11.6 Å². The number of benzene rings is 1. The largest absolute Gasteiger partial charge is 0.339 e. The van der Waals surface area contributed by atoms with Crippen LogP contribution in [0.4, 0.5) is 8.78 Å². The van der Waals surface area contributed by atoms with E-state index in [9.17, 15) is 22.0 Å². The lowest BCUT2D eigenvalue weighted by Gasteiger charge is -2.24. The Balaban J connectivity index is 3.42. The molecule has 8 heteroatoms. The molecular formula is C12H14ClF2NO3S. The summed E-state index contributed by atoms with van der Waals surface area (Å²) in [7, 11) is 2.04. The molecule has 0 N–H and O–H groups in total. The summed E-state index contributed by atoms with van der Waals surface area (Å²) in [6.45, 7) is 3.51. The minimum Gasteiger partial charge on any atom is -0.339 e. The van der Waals surface area contributed by atoms with Gasteiger partial charge in [-0.1, -0.05) is 6.92 Å². The van der Waals surface area contributed by atoms with Crippen molar-refractivity contribution in [2.75, 3.05) is 7.05 Å². The Morgan fingerprint density at radius 3 is 2.40 bits per heavy atom. The zero-order chi connectivity index (χ0) is 15.7. The Kier molecular flexibility index (Phi) is 5.10. The van der Waals surface area contributed by atoms with E-state index < -0.39 is 37.1 Å². The van der Waals surface area contributed by atoms with Crippen LogP contribution in [0.2, 0.25) is 0 Å². The second-order valence-corrected chi connectivity index (χ2v) is 6.88. The van der Waals surface area contributed by atoms with E-state index in [4.69, 9.17) is 10.7 Å². The number of hydrogen-bond donors (Lipinski definition) is 0. The molecular weight excluding hydrogens is 312 g/mol. The predicted octanol–water partition coefficient (Wildman–Crippen LogP) is 2.76. The molecule has 1 unspecified atom stereocenters. The fourth-order valence-corrected chi connectivity index (χ4v) is 2.47. The third-order valence-electron chi connectivity index (χ3n) is 3.10. The maximum absolute atomic E-state index is 14.1. The van der Waals surface area contributed by atoms with E-state index in [0.717, 1.165) is 4.90 Å². The second-order valence-electron chi connectivity index (χ2n) is 4.35. The molecule has 0 bridgehead atoms. The highest BCUT2D eigenvalue weighted by atomic mass is 35.7. The van der Waals surface area contributed by atoms with E-state index in [0.29, 0.717) is 18.6 Å². The van der Waals surface area contributed by atoms with Crippen molar-refractivity contribution < 1.29 is 22.0 Å². The monoisotopic (exact) mass is 325 g/mol. The van der Waals surface area contributed by atoms with E-state index >= 15 is 0 Å². The highest BCUT2D eigenvalue weighted by Crippen LogP contribution is 2.25. The molecule has 1 rings (SSSR count). The molecule has 4 nitrogen and oxygen atoms in total. The minimum absolute atomic E-state index is 0.252. The molecule has 0 fully saturated rings. The van der Waals surface area contributed by atoms with Crippen molar-refractivity contribution in [3.63, 3.8) is 0 Å². The van der Waals surface area contributed by atoms with Crippen LogP contribution >= 0.6 is 10.7 Å². The average Bonchev–Trinajstić information content (AvgIpc) is 2.35. The minimum atomic E-state index is -4.40. The molecule has 0 saturated carbocycles. The van der Waals surface area contributed by atoms with Gasteiger partial charge < -0.3 is 4.90 Å². The number of hydrogen-bond acceptors (Lipinski definition) is 3. The number of nitrogens with zero attached hydrogens (tertiary/aromatic N) is 1. The van der Waals surface area contributed by atoms with Gasteiger partial charge >= 0.3 is 0 Å². The molecule has 0 aliphatic carbocycles. The average molecular weight is 326 g/mol. The molecule has 0 heterocycles. The van der Waals surface area contributed by atoms with Crippen LogP contribution in [0.5, 0.6) is 0 Å². The standard InChI is InChI=1S/C12H14ClF2NO3S/c1-4-7(2)16(3)12(17)10-8(14)5-6-9(11(10)15)20(13,18)19/h5-7H,4H2,1-3H3. The van der Waals surface area contributed by atoms with Crippen molar-refractivity contribution in [2.24, 2.45) is 0 Å². The van der Waals surface area contributed by atoms with Crippen LogP contribution in [-0.2, 0) is 9.05 Å². The summed E-state index contributed by atoms with van der Waals surface area (Å²) in [4.78, 5) is 12.3. The molecule has 1 aromatic carbocycles. The van der Waals surface area contributed by atoms with Gasteiger partial charge in [-0.3, -0.25) is 4.79 Å². The summed E-state index contributed by atoms with van der Waals surface area (Å²) in [6, 6.07) is 1.14. The van der Waals surface area contributed by atoms with Gasteiger partial charge in [0.15, 0.2) is 5.82 Å². The summed E-state index contributed by atoms with van der Waals surface area (Å²) in [5.74, 6) is -3.54. The molecule has 112 valence electrons. The van der Waals surface area contributed by atoms with Gasteiger partial charge in [0.05, 0.1) is 0 Å². The molecule has 1 amide bonds. The number of carbonyl (C=O) groups excluding carboxylic acids is 1. The van der Waals surface area contributed by atoms with Gasteiger partial charge in [0.1, 0.15) is 16.3 Å². The summed E-state index contributed by atoms with van der Waals surface area (Å²) in [5, 5.41) is 0. The topological polar surface area (TPSA) is 54.5 Å². The van der Waals surface area contributed by atoms with Gasteiger partial charge in [0.25, 0.3) is 15.0 Å². The third-order valence-corrected chi connectivity index (χ3v) is 4.44. The maximum atomic E-state index is 14.1. The van der Waals surface area contributed by atoms with Crippen molar-refractivity contribution >= 4 is 25.6 Å². The zero-order valence-electron chi connectivity index (χ0n) is 11.2. The first-order valence-corrected chi connectivity index (χ1v) is 8.12. The van der Waals surface area contributed by atoms with Gasteiger partial charge in [0.2, 0.25) is 0 Å². The molecule has 0 spiro atoms. The van der Waals surface area contributed by atoms with Crippen LogP contribution in [0.25, 0.3) is 0 Å². The number of carbonyl (C=O) groups is 1. The lowest BCUT2D eigenvalue weighted by Crippen LogP contribution is -2.35. The Morgan fingerprint density at radius 2 is 1.95 bits per heavy atom. The Hall–Kier alpha value is -1.21. The fourth-order valence-electron chi connectivity index (χ4n) is 1.57. The Bertz CT molecular complexity index is 634. The van der Waals surface area contributed by atoms with Gasteiger partial charge in [-0.05, 0) is 25.5 Å². The SMILES string of the molecule is CCC(C)N(C)C(=O)c1c(F)ccc(S(=O)(=O)Cl)c1F. The molecule has 1 atom stereocenters. The van der Waals surface area contributed by atoms with Crippen molar-refractivity contribution in [1.82, 2.24) is 4.90 Å². The highest BCUT2D eigenvalue weighted by molar-refractivity contribution is 8.13. The van der Waals surface area contributed by atoms with Gasteiger partial charge in [0, 0.05) is 23.8 Å². The van der Waals surface area contributed by atoms with E-state index in [2.05, 4.69) is 0 Å². The molecule has 20 heavy (non-hydrogen) atoms. The van der Waals surface area contributed by atoms with Crippen molar-refractivity contribution in [3.8, 4) is 0 Å². The maximum Gasteiger partial charge on any atom is 0.264 e. The van der Waals surface area contributed by atoms with Crippen molar-refractivity contribution in [3.05, 3.63) is 29.3 Å². The first-order chi connectivity index (χ1) is 9.11. The number of amides is 1. The summed E-state index contributed by atoms with van der Waals surface area (Å²) in [5.41, 5.74) is -0.922. The van der Waals surface area contributed by atoms with E-state index in [1.807, 2.05) is 0 Å². The van der Waals surface area contributed by atoms with Crippen LogP contribution in [0.1, 0.15) is 30.6 Å². The van der Waals surface area contributed by atoms with Crippen LogP contribution in [-0.4, -0.2) is 32.3 Å². The molecule has 0 aromatic heterocycles. The highest BCUT2D eigenvalue weighted by Gasteiger charge is 2.28. The predicted molar refractivity (Wildman–Crippen MR) is 71.2 cm³/mol. The summed E-state index contributed by atoms with van der Waals surface area (Å²) in [6.07, 6.45) is 0.582. The Labute approximate surface area is 120 Å². The Morgan fingerprint density at radius 1 is 1.40 bits per heavy atom. The summed E-state index contributed by atoms with van der Waals surface area (Å²) >= 11 is 0. The molecule has 1 aromatic rings. The number of halogens is 3. The first kappa shape index (κ1) is 16.8. The normalized spacial score (nSPS) is 13.1. The van der Waals surface area contributed by atoms with Crippen LogP contribution in [0.3, 0.4) is 0 Å². The lowest BCUT2D eigenvalue weighted by atomic mass is 10.1. The lowest BCUT2D eigenvalue weighted by molar-refractivity contribution is 0.0730. The van der Waals surface area contributed by atoms with Crippen LogP contribution in [0.15, 0.2) is 17.0 Å². The van der Waals surface area contributed by atoms with Crippen molar-refractivity contribution in [2.45, 2.75) is 31.2 Å². The smallest absolute Gasteiger partial charge is 0.264 e. The number of rotatable bonds is 4. The quantitative estimate of drug-likeness (QED) is 0.800. The molecule has 0 saturated heterocycles. The van der Waals surface area contributed by atoms with E-state index in [1.165, 1.54) is 7.05 Å².